The van der Waals surface area contributed by atoms with Crippen molar-refractivity contribution in [3.63, 3.8) is 0 Å². The van der Waals surface area contributed by atoms with Crippen molar-refractivity contribution < 1.29 is 4.79 Å². The van der Waals surface area contributed by atoms with E-state index in [0.29, 0.717) is 6.54 Å². The maximum atomic E-state index is 10.8. The van der Waals surface area contributed by atoms with Crippen LogP contribution in [0, 0.1) is 6.92 Å². The van der Waals surface area contributed by atoms with Gasteiger partial charge in [-0.05, 0) is 24.5 Å². The molecular formula is C12H16N2O. The van der Waals surface area contributed by atoms with E-state index < -0.39 is 0 Å². The summed E-state index contributed by atoms with van der Waals surface area (Å²) in [6.07, 6.45) is 1.02. The average Bonchev–Trinajstić information content (AvgIpc) is 2.17. The van der Waals surface area contributed by atoms with Crippen LogP contribution in [0.2, 0.25) is 0 Å². The van der Waals surface area contributed by atoms with Crippen molar-refractivity contribution in [3.05, 3.63) is 34.9 Å². The topological polar surface area (TPSA) is 46.3 Å². The van der Waals surface area contributed by atoms with Crippen LogP contribution in [-0.2, 0) is 17.8 Å². The highest BCUT2D eigenvalue weighted by molar-refractivity contribution is 5.75. The maximum absolute atomic E-state index is 10.8. The number of hydrogen-bond acceptors (Lipinski definition) is 2. The van der Waals surface area contributed by atoms with Crippen molar-refractivity contribution in [2.75, 3.05) is 13.1 Å². The van der Waals surface area contributed by atoms with Gasteiger partial charge in [0.1, 0.15) is 0 Å². The summed E-state index contributed by atoms with van der Waals surface area (Å²) in [5.41, 5.74) is 9.23. The number of nitrogens with zero attached hydrogens (tertiary/aromatic N) is 1. The third-order valence-electron chi connectivity index (χ3n) is 2.83. The predicted molar refractivity (Wildman–Crippen MR) is 59.4 cm³/mol. The molecule has 0 unspecified atom stereocenters. The summed E-state index contributed by atoms with van der Waals surface area (Å²) < 4.78 is 0. The number of aryl methyl sites for hydroxylation is 1. The Morgan fingerprint density at radius 1 is 1.47 bits per heavy atom. The van der Waals surface area contributed by atoms with E-state index in [1.807, 2.05) is 0 Å². The number of primary amides is 1. The minimum absolute atomic E-state index is 0.245. The molecule has 0 fully saturated rings. The van der Waals surface area contributed by atoms with Gasteiger partial charge in [-0.3, -0.25) is 9.69 Å². The lowest BCUT2D eigenvalue weighted by Crippen LogP contribution is -2.37. The fraction of sp³-hybridized carbons (Fsp3) is 0.417. The standard InChI is InChI=1S/C12H16N2O/c1-9-2-3-11-7-14(8-12(13)15)5-4-10(11)6-9/h2-3,6H,4-5,7-8H2,1H3,(H2,13,15). The van der Waals surface area contributed by atoms with Crippen molar-refractivity contribution in [2.24, 2.45) is 5.73 Å². The van der Waals surface area contributed by atoms with Gasteiger partial charge in [-0.25, -0.2) is 0 Å². The summed E-state index contributed by atoms with van der Waals surface area (Å²) >= 11 is 0. The second kappa shape index (κ2) is 4.03. The number of fused-ring (bicyclic) bond motifs is 1. The van der Waals surface area contributed by atoms with Crippen molar-refractivity contribution in [1.82, 2.24) is 4.90 Å². The van der Waals surface area contributed by atoms with E-state index in [9.17, 15) is 4.79 Å². The molecule has 1 aliphatic heterocycles. The monoisotopic (exact) mass is 204 g/mol. The normalized spacial score (nSPS) is 16.1. The number of amides is 1. The van der Waals surface area contributed by atoms with E-state index in [1.165, 1.54) is 16.7 Å². The minimum atomic E-state index is -0.245. The first-order chi connectivity index (χ1) is 7.15. The van der Waals surface area contributed by atoms with Crippen LogP contribution >= 0.6 is 0 Å². The van der Waals surface area contributed by atoms with Gasteiger partial charge in [-0.15, -0.1) is 0 Å². The summed E-state index contributed by atoms with van der Waals surface area (Å²) in [5, 5.41) is 0. The number of carbonyl (C=O) groups excluding carboxylic acids is 1. The molecule has 0 atom stereocenters. The molecule has 1 aliphatic rings. The fourth-order valence-corrected chi connectivity index (χ4v) is 2.10. The van der Waals surface area contributed by atoms with Gasteiger partial charge in [0, 0.05) is 13.1 Å². The molecule has 0 radical (unpaired) electrons. The molecule has 0 saturated heterocycles. The van der Waals surface area contributed by atoms with E-state index >= 15 is 0 Å². The van der Waals surface area contributed by atoms with Crippen molar-refractivity contribution in [3.8, 4) is 0 Å². The third kappa shape index (κ3) is 2.36. The van der Waals surface area contributed by atoms with Crippen LogP contribution in [0.25, 0.3) is 0 Å². The van der Waals surface area contributed by atoms with Crippen LogP contribution in [-0.4, -0.2) is 23.9 Å². The quantitative estimate of drug-likeness (QED) is 0.776. The lowest BCUT2D eigenvalue weighted by molar-refractivity contribution is -0.119. The summed E-state index contributed by atoms with van der Waals surface area (Å²) in [6, 6.07) is 6.50. The largest absolute Gasteiger partial charge is 0.369 e. The first-order valence-electron chi connectivity index (χ1n) is 5.24. The second-order valence-corrected chi connectivity index (χ2v) is 4.20. The predicted octanol–water partition coefficient (Wildman–Crippen LogP) is 0.838. The number of benzene rings is 1. The highest BCUT2D eigenvalue weighted by atomic mass is 16.1. The van der Waals surface area contributed by atoms with Crippen LogP contribution < -0.4 is 5.73 Å². The van der Waals surface area contributed by atoms with E-state index in [1.54, 1.807) is 0 Å². The van der Waals surface area contributed by atoms with Crippen LogP contribution in [0.4, 0.5) is 0 Å². The summed E-state index contributed by atoms with van der Waals surface area (Å²) in [6.45, 7) is 4.25. The summed E-state index contributed by atoms with van der Waals surface area (Å²) in [7, 11) is 0. The molecule has 2 rings (SSSR count). The van der Waals surface area contributed by atoms with Crippen LogP contribution in [0.1, 0.15) is 16.7 Å². The number of carbonyl (C=O) groups is 1. The Balaban J connectivity index is 2.13. The molecular weight excluding hydrogens is 188 g/mol. The molecule has 80 valence electrons. The number of rotatable bonds is 2. The Kier molecular flexibility index (Phi) is 2.73. The van der Waals surface area contributed by atoms with Gasteiger partial charge in [-0.1, -0.05) is 23.8 Å². The highest BCUT2D eigenvalue weighted by Gasteiger charge is 2.16. The van der Waals surface area contributed by atoms with Crippen LogP contribution in [0.5, 0.6) is 0 Å². The molecule has 1 aromatic rings. The van der Waals surface area contributed by atoms with Gasteiger partial charge < -0.3 is 5.73 Å². The fourth-order valence-electron chi connectivity index (χ4n) is 2.10. The zero-order chi connectivity index (χ0) is 10.8. The van der Waals surface area contributed by atoms with E-state index in [4.69, 9.17) is 5.73 Å². The SMILES string of the molecule is Cc1ccc2c(c1)CCN(CC(N)=O)C2. The maximum Gasteiger partial charge on any atom is 0.231 e. The molecule has 1 aromatic carbocycles. The number of nitrogens with two attached hydrogens (primary N) is 1. The first kappa shape index (κ1) is 10.2. The third-order valence-corrected chi connectivity index (χ3v) is 2.83. The highest BCUT2D eigenvalue weighted by Crippen LogP contribution is 2.19. The smallest absolute Gasteiger partial charge is 0.231 e. The Hall–Kier alpha value is -1.35. The Labute approximate surface area is 89.9 Å². The average molecular weight is 204 g/mol. The zero-order valence-corrected chi connectivity index (χ0v) is 8.99. The molecule has 3 heteroatoms. The molecule has 15 heavy (non-hydrogen) atoms. The first-order valence-corrected chi connectivity index (χ1v) is 5.24. The van der Waals surface area contributed by atoms with Crippen LogP contribution in [0.15, 0.2) is 18.2 Å². The molecule has 0 aliphatic carbocycles. The van der Waals surface area contributed by atoms with Gasteiger partial charge in [0.05, 0.1) is 6.54 Å². The molecule has 0 aromatic heterocycles. The number of hydrogen-bond donors (Lipinski definition) is 1. The van der Waals surface area contributed by atoms with Gasteiger partial charge in [0.2, 0.25) is 5.91 Å². The molecule has 1 amide bonds. The van der Waals surface area contributed by atoms with Gasteiger partial charge in [0.25, 0.3) is 0 Å². The van der Waals surface area contributed by atoms with Gasteiger partial charge in [-0.2, -0.15) is 0 Å². The van der Waals surface area contributed by atoms with Gasteiger partial charge in [0.15, 0.2) is 0 Å². The van der Waals surface area contributed by atoms with E-state index in [2.05, 4.69) is 30.0 Å². The van der Waals surface area contributed by atoms with E-state index in [0.717, 1.165) is 19.5 Å². The molecule has 3 nitrogen and oxygen atoms in total. The molecule has 2 N–H and O–H groups in total. The summed E-state index contributed by atoms with van der Waals surface area (Å²) in [5.74, 6) is -0.245. The molecule has 1 heterocycles. The second-order valence-electron chi connectivity index (χ2n) is 4.20. The molecule has 0 bridgehead atoms. The Morgan fingerprint density at radius 3 is 3.00 bits per heavy atom. The lowest BCUT2D eigenvalue weighted by atomic mass is 9.98. The van der Waals surface area contributed by atoms with E-state index in [-0.39, 0.29) is 5.91 Å². The van der Waals surface area contributed by atoms with Crippen molar-refractivity contribution in [2.45, 2.75) is 19.9 Å². The zero-order valence-electron chi connectivity index (χ0n) is 8.99. The molecule has 0 saturated carbocycles. The van der Waals surface area contributed by atoms with Crippen LogP contribution in [0.3, 0.4) is 0 Å². The minimum Gasteiger partial charge on any atom is -0.369 e. The van der Waals surface area contributed by atoms with Gasteiger partial charge >= 0.3 is 0 Å². The summed E-state index contributed by atoms with van der Waals surface area (Å²) in [4.78, 5) is 12.9. The molecule has 0 spiro atoms. The van der Waals surface area contributed by atoms with Crippen molar-refractivity contribution >= 4 is 5.91 Å². The van der Waals surface area contributed by atoms with Crippen molar-refractivity contribution in [1.29, 1.82) is 0 Å². The Bertz CT molecular complexity index is 387. The lowest BCUT2D eigenvalue weighted by Gasteiger charge is -2.27. The Morgan fingerprint density at radius 2 is 2.27 bits per heavy atom.